The van der Waals surface area contributed by atoms with Crippen LogP contribution in [-0.2, 0) is 6.61 Å². The molecule has 0 aliphatic rings. The lowest BCUT2D eigenvalue weighted by atomic mass is 10.2. The molecule has 0 fully saturated rings. The molecule has 0 saturated heterocycles. The molecule has 2 aromatic carbocycles. The van der Waals surface area contributed by atoms with Gasteiger partial charge in [-0.25, -0.2) is 9.97 Å². The number of benzene rings is 2. The first-order valence-corrected chi connectivity index (χ1v) is 7.19. The Hall–Kier alpha value is -2.59. The predicted octanol–water partition coefficient (Wildman–Crippen LogP) is 4.45. The van der Waals surface area contributed by atoms with Crippen LogP contribution in [0.1, 0.15) is 5.56 Å². The van der Waals surface area contributed by atoms with Crippen molar-refractivity contribution < 1.29 is 4.74 Å². The number of hydrogen-bond donors (Lipinski definition) is 1. The third-order valence-corrected chi connectivity index (χ3v) is 3.20. The molecular formula is C17H14ClN3O. The third-order valence-electron chi connectivity index (χ3n) is 2.99. The Bertz CT molecular complexity index is 750. The number of anilines is 2. The lowest BCUT2D eigenvalue weighted by Gasteiger charge is -2.09. The largest absolute Gasteiger partial charge is 0.489 e. The predicted molar refractivity (Wildman–Crippen MR) is 87.5 cm³/mol. The summed E-state index contributed by atoms with van der Waals surface area (Å²) in [7, 11) is 0. The van der Waals surface area contributed by atoms with Crippen LogP contribution in [0.2, 0.25) is 5.15 Å². The van der Waals surface area contributed by atoms with Gasteiger partial charge in [0.25, 0.3) is 0 Å². The molecule has 0 radical (unpaired) electrons. The molecule has 4 nitrogen and oxygen atoms in total. The fourth-order valence-corrected chi connectivity index (χ4v) is 2.10. The van der Waals surface area contributed by atoms with Crippen LogP contribution in [-0.4, -0.2) is 9.97 Å². The van der Waals surface area contributed by atoms with Gasteiger partial charge >= 0.3 is 0 Å². The lowest BCUT2D eigenvalue weighted by Crippen LogP contribution is -1.97. The quantitative estimate of drug-likeness (QED) is 0.707. The molecule has 3 aromatic rings. The van der Waals surface area contributed by atoms with Gasteiger partial charge < -0.3 is 10.1 Å². The second-order valence-electron chi connectivity index (χ2n) is 4.65. The summed E-state index contributed by atoms with van der Waals surface area (Å²) in [4.78, 5) is 7.96. The molecule has 0 bridgehead atoms. The van der Waals surface area contributed by atoms with E-state index < -0.39 is 0 Å². The molecule has 0 aliphatic carbocycles. The molecule has 1 N–H and O–H groups in total. The minimum Gasteiger partial charge on any atom is -0.489 e. The molecular weight excluding hydrogens is 298 g/mol. The summed E-state index contributed by atoms with van der Waals surface area (Å²) in [6.07, 6.45) is 1.42. The molecule has 0 saturated carbocycles. The standard InChI is InChI=1S/C17H14ClN3O/c18-16-10-17(20-12-19-16)21-14-7-4-8-15(9-14)22-11-13-5-2-1-3-6-13/h1-10,12H,11H2,(H,19,20,21). The first-order valence-electron chi connectivity index (χ1n) is 6.81. The summed E-state index contributed by atoms with van der Waals surface area (Å²) in [5.74, 6) is 1.43. The Morgan fingerprint density at radius 2 is 1.82 bits per heavy atom. The average Bonchev–Trinajstić information content (AvgIpc) is 2.54. The van der Waals surface area contributed by atoms with E-state index in [2.05, 4.69) is 15.3 Å². The highest BCUT2D eigenvalue weighted by Crippen LogP contribution is 2.22. The first kappa shape index (κ1) is 14.4. The van der Waals surface area contributed by atoms with Crippen molar-refractivity contribution in [3.63, 3.8) is 0 Å². The van der Waals surface area contributed by atoms with Gasteiger partial charge in [-0.2, -0.15) is 0 Å². The van der Waals surface area contributed by atoms with E-state index >= 15 is 0 Å². The number of nitrogens with one attached hydrogen (secondary N) is 1. The van der Waals surface area contributed by atoms with Gasteiger partial charge in [-0.15, -0.1) is 0 Å². The van der Waals surface area contributed by atoms with Gasteiger partial charge in [0.05, 0.1) is 0 Å². The Kier molecular flexibility index (Phi) is 4.51. The van der Waals surface area contributed by atoms with Crippen LogP contribution >= 0.6 is 11.6 Å². The molecule has 1 heterocycles. The number of nitrogens with zero attached hydrogens (tertiary/aromatic N) is 2. The van der Waals surface area contributed by atoms with Crippen LogP contribution in [0.5, 0.6) is 5.75 Å². The van der Waals surface area contributed by atoms with Gasteiger partial charge in [-0.05, 0) is 17.7 Å². The molecule has 110 valence electrons. The number of rotatable bonds is 5. The van der Waals surface area contributed by atoms with E-state index in [9.17, 15) is 0 Å². The molecule has 22 heavy (non-hydrogen) atoms. The van der Waals surface area contributed by atoms with E-state index in [0.717, 1.165) is 17.0 Å². The normalized spacial score (nSPS) is 10.2. The van der Waals surface area contributed by atoms with E-state index in [1.165, 1.54) is 6.33 Å². The Morgan fingerprint density at radius 1 is 0.955 bits per heavy atom. The summed E-state index contributed by atoms with van der Waals surface area (Å²) in [5, 5.41) is 3.56. The van der Waals surface area contributed by atoms with Gasteiger partial charge in [-0.1, -0.05) is 48.0 Å². The summed E-state index contributed by atoms with van der Waals surface area (Å²) in [5.41, 5.74) is 2.00. The van der Waals surface area contributed by atoms with Crippen LogP contribution < -0.4 is 10.1 Å². The highest BCUT2D eigenvalue weighted by molar-refractivity contribution is 6.29. The zero-order valence-electron chi connectivity index (χ0n) is 11.7. The van der Waals surface area contributed by atoms with Crippen molar-refractivity contribution in [2.75, 3.05) is 5.32 Å². The van der Waals surface area contributed by atoms with E-state index in [1.54, 1.807) is 6.07 Å². The minimum absolute atomic E-state index is 0.397. The van der Waals surface area contributed by atoms with Gasteiger partial charge in [-0.3, -0.25) is 0 Å². The van der Waals surface area contributed by atoms with E-state index in [-0.39, 0.29) is 0 Å². The SMILES string of the molecule is Clc1cc(Nc2cccc(OCc3ccccc3)c2)ncn1. The average molecular weight is 312 g/mol. The molecule has 0 spiro atoms. The smallest absolute Gasteiger partial charge is 0.135 e. The van der Waals surface area contributed by atoms with Crippen molar-refractivity contribution in [3.05, 3.63) is 77.7 Å². The number of ether oxygens (including phenoxy) is 1. The van der Waals surface area contributed by atoms with E-state index in [0.29, 0.717) is 17.6 Å². The third kappa shape index (κ3) is 3.96. The minimum atomic E-state index is 0.397. The molecule has 0 aliphatic heterocycles. The fraction of sp³-hybridized carbons (Fsp3) is 0.0588. The second-order valence-corrected chi connectivity index (χ2v) is 5.04. The summed E-state index contributed by atoms with van der Waals surface area (Å²) in [6.45, 7) is 0.531. The molecule has 5 heteroatoms. The van der Waals surface area contributed by atoms with Crippen LogP contribution in [0.25, 0.3) is 0 Å². The van der Waals surface area contributed by atoms with Crippen molar-refractivity contribution in [2.24, 2.45) is 0 Å². The lowest BCUT2D eigenvalue weighted by molar-refractivity contribution is 0.306. The zero-order chi connectivity index (χ0) is 15.2. The van der Waals surface area contributed by atoms with Crippen LogP contribution in [0, 0.1) is 0 Å². The monoisotopic (exact) mass is 311 g/mol. The highest BCUT2D eigenvalue weighted by atomic mass is 35.5. The fourth-order valence-electron chi connectivity index (χ4n) is 1.95. The molecule has 3 rings (SSSR count). The number of halogens is 1. The van der Waals surface area contributed by atoms with Crippen LogP contribution in [0.15, 0.2) is 67.0 Å². The van der Waals surface area contributed by atoms with Gasteiger partial charge in [0.2, 0.25) is 0 Å². The molecule has 0 unspecified atom stereocenters. The molecule has 1 aromatic heterocycles. The first-order chi connectivity index (χ1) is 10.8. The second kappa shape index (κ2) is 6.91. The van der Waals surface area contributed by atoms with Gasteiger partial charge in [0.15, 0.2) is 0 Å². The molecule has 0 amide bonds. The summed E-state index contributed by atoms with van der Waals surface area (Å²) >= 11 is 5.84. The maximum atomic E-state index is 5.84. The summed E-state index contributed by atoms with van der Waals surface area (Å²) in [6, 6.07) is 19.4. The van der Waals surface area contributed by atoms with E-state index in [1.807, 2.05) is 54.6 Å². The van der Waals surface area contributed by atoms with Gasteiger partial charge in [0.1, 0.15) is 29.7 Å². The Morgan fingerprint density at radius 3 is 2.64 bits per heavy atom. The van der Waals surface area contributed by atoms with Crippen molar-refractivity contribution in [1.29, 1.82) is 0 Å². The maximum absolute atomic E-state index is 5.84. The topological polar surface area (TPSA) is 47.0 Å². The van der Waals surface area contributed by atoms with Crippen molar-refractivity contribution >= 4 is 23.1 Å². The number of hydrogen-bond acceptors (Lipinski definition) is 4. The highest BCUT2D eigenvalue weighted by Gasteiger charge is 2.01. The van der Waals surface area contributed by atoms with Gasteiger partial charge in [0, 0.05) is 17.8 Å². The maximum Gasteiger partial charge on any atom is 0.135 e. The van der Waals surface area contributed by atoms with Crippen molar-refractivity contribution in [1.82, 2.24) is 9.97 Å². The zero-order valence-corrected chi connectivity index (χ0v) is 12.5. The Balaban J connectivity index is 1.67. The number of aromatic nitrogens is 2. The van der Waals surface area contributed by atoms with Crippen molar-refractivity contribution in [3.8, 4) is 5.75 Å². The Labute approximate surface area is 133 Å². The van der Waals surface area contributed by atoms with Crippen molar-refractivity contribution in [2.45, 2.75) is 6.61 Å². The summed E-state index contributed by atoms with van der Waals surface area (Å²) < 4.78 is 5.80. The molecule has 0 atom stereocenters. The van der Waals surface area contributed by atoms with Crippen LogP contribution in [0.4, 0.5) is 11.5 Å². The van der Waals surface area contributed by atoms with Crippen LogP contribution in [0.3, 0.4) is 0 Å². The van der Waals surface area contributed by atoms with E-state index in [4.69, 9.17) is 16.3 Å².